The lowest BCUT2D eigenvalue weighted by Crippen LogP contribution is -2.50. The van der Waals surface area contributed by atoms with Gasteiger partial charge >= 0.3 is 0 Å². The number of ether oxygens (including phenoxy) is 2. The molecule has 0 atom stereocenters. The second-order valence-corrected chi connectivity index (χ2v) is 10.5. The van der Waals surface area contributed by atoms with Crippen LogP contribution < -0.4 is 9.47 Å². The number of benzene rings is 3. The Kier molecular flexibility index (Phi) is 3.12. The van der Waals surface area contributed by atoms with E-state index < -0.39 is 0 Å². The molecule has 0 N–H and O–H groups in total. The highest BCUT2D eigenvalue weighted by Gasteiger charge is 2.60. The van der Waals surface area contributed by atoms with Crippen LogP contribution in [0.1, 0.15) is 49.7 Å². The molecular weight excluding hydrogens is 380 g/mol. The highest BCUT2D eigenvalue weighted by atomic mass is 16.6. The first kappa shape index (κ1) is 16.9. The van der Waals surface area contributed by atoms with Crippen molar-refractivity contribution in [1.82, 2.24) is 0 Å². The summed E-state index contributed by atoms with van der Waals surface area (Å²) in [5, 5.41) is 0. The van der Waals surface area contributed by atoms with E-state index >= 15 is 0 Å². The Morgan fingerprint density at radius 2 is 1.26 bits per heavy atom. The first-order valence-electron chi connectivity index (χ1n) is 12.0. The third-order valence-corrected chi connectivity index (χ3v) is 9.23. The van der Waals surface area contributed by atoms with E-state index in [4.69, 9.17) is 9.47 Å². The molecule has 0 aromatic heterocycles. The Morgan fingerprint density at radius 3 is 2.00 bits per heavy atom. The topological polar surface area (TPSA) is 18.5 Å². The number of para-hydroxylation sites is 2. The third-order valence-electron chi connectivity index (χ3n) is 9.23. The zero-order chi connectivity index (χ0) is 20.2. The number of rotatable bonds is 0. The van der Waals surface area contributed by atoms with E-state index in [0.29, 0.717) is 0 Å². The van der Waals surface area contributed by atoms with Crippen molar-refractivity contribution in [3.63, 3.8) is 0 Å². The number of fused-ring (bicyclic) bond motifs is 7. The fraction of sp³-hybridized carbons (Fsp3) is 0.379. The van der Waals surface area contributed by atoms with Gasteiger partial charge in [-0.15, -0.1) is 0 Å². The highest BCUT2D eigenvalue weighted by Crippen LogP contribution is 2.70. The van der Waals surface area contributed by atoms with E-state index in [1.807, 2.05) is 24.3 Å². The van der Waals surface area contributed by atoms with Crippen LogP contribution in [0.5, 0.6) is 23.0 Å². The normalized spacial score (nSPS) is 33.0. The minimum atomic E-state index is 0.165. The molecule has 4 fully saturated rings. The van der Waals surface area contributed by atoms with Crippen molar-refractivity contribution in [1.29, 1.82) is 0 Å². The van der Waals surface area contributed by atoms with Gasteiger partial charge in [0, 0.05) is 11.0 Å². The van der Waals surface area contributed by atoms with Gasteiger partial charge in [-0.3, -0.25) is 0 Å². The molecule has 31 heavy (non-hydrogen) atoms. The molecule has 0 unspecified atom stereocenters. The summed E-state index contributed by atoms with van der Waals surface area (Å²) in [5.74, 6) is 6.80. The van der Waals surface area contributed by atoms with Gasteiger partial charge in [-0.2, -0.15) is 0 Å². The van der Waals surface area contributed by atoms with Crippen molar-refractivity contribution >= 4 is 0 Å². The van der Waals surface area contributed by atoms with Crippen molar-refractivity contribution in [3.05, 3.63) is 71.8 Å². The molecule has 3 aromatic rings. The van der Waals surface area contributed by atoms with Crippen LogP contribution in [0.2, 0.25) is 0 Å². The minimum absolute atomic E-state index is 0.165. The predicted molar refractivity (Wildman–Crippen MR) is 121 cm³/mol. The lowest BCUT2D eigenvalue weighted by molar-refractivity contribution is 0.0461. The fourth-order valence-electron chi connectivity index (χ4n) is 8.31. The Labute approximate surface area is 183 Å². The Bertz CT molecular complexity index is 1210. The molecule has 4 bridgehead atoms. The van der Waals surface area contributed by atoms with Gasteiger partial charge in [-0.1, -0.05) is 55.3 Å². The first-order chi connectivity index (χ1) is 15.3. The SMILES string of the molecule is c1ccc2c(c1)Oc1ccc3c(c1O2)-c1ccccc1C31C2CC3CCC(C2)CC1C3. The van der Waals surface area contributed by atoms with Crippen LogP contribution in [0, 0.1) is 23.7 Å². The van der Waals surface area contributed by atoms with E-state index in [2.05, 4.69) is 36.4 Å². The largest absolute Gasteiger partial charge is 0.449 e. The molecule has 0 saturated heterocycles. The van der Waals surface area contributed by atoms with Crippen LogP contribution in [0.15, 0.2) is 60.7 Å². The maximum atomic E-state index is 6.56. The van der Waals surface area contributed by atoms with Crippen LogP contribution in [-0.2, 0) is 5.41 Å². The van der Waals surface area contributed by atoms with Crippen molar-refractivity contribution in [2.24, 2.45) is 23.7 Å². The van der Waals surface area contributed by atoms with E-state index in [1.54, 1.807) is 5.56 Å². The van der Waals surface area contributed by atoms with Crippen LogP contribution in [0.25, 0.3) is 11.1 Å². The molecule has 4 saturated carbocycles. The molecule has 9 rings (SSSR count). The zero-order valence-corrected chi connectivity index (χ0v) is 17.6. The van der Waals surface area contributed by atoms with Crippen LogP contribution in [-0.4, -0.2) is 0 Å². The second kappa shape index (κ2) is 5.73. The summed E-state index contributed by atoms with van der Waals surface area (Å²) in [6, 6.07) is 21.8. The molecule has 6 aliphatic rings. The van der Waals surface area contributed by atoms with Gasteiger partial charge in [0.05, 0.1) is 0 Å². The Morgan fingerprint density at radius 1 is 0.613 bits per heavy atom. The molecule has 1 aliphatic heterocycles. The average Bonchev–Trinajstić information content (AvgIpc) is 2.89. The molecule has 5 aliphatic carbocycles. The first-order valence-corrected chi connectivity index (χ1v) is 12.0. The van der Waals surface area contributed by atoms with Gasteiger partial charge in [0.1, 0.15) is 0 Å². The third kappa shape index (κ3) is 2.00. The molecule has 1 spiro atoms. The average molecular weight is 407 g/mol. The van der Waals surface area contributed by atoms with Crippen molar-refractivity contribution in [2.75, 3.05) is 0 Å². The molecule has 154 valence electrons. The smallest absolute Gasteiger partial charge is 0.178 e. The van der Waals surface area contributed by atoms with Gasteiger partial charge in [0.2, 0.25) is 0 Å². The Balaban J connectivity index is 1.40. The van der Waals surface area contributed by atoms with Crippen LogP contribution in [0.4, 0.5) is 0 Å². The number of hydrogen-bond donors (Lipinski definition) is 0. The van der Waals surface area contributed by atoms with Gasteiger partial charge in [0.15, 0.2) is 23.0 Å². The molecule has 1 heterocycles. The summed E-state index contributed by atoms with van der Waals surface area (Å²) in [5.41, 5.74) is 5.93. The van der Waals surface area contributed by atoms with E-state index in [0.717, 1.165) is 46.7 Å². The van der Waals surface area contributed by atoms with Crippen LogP contribution in [0.3, 0.4) is 0 Å². The molecule has 2 nitrogen and oxygen atoms in total. The summed E-state index contributed by atoms with van der Waals surface area (Å²) in [6.07, 6.45) is 8.52. The lowest BCUT2D eigenvalue weighted by Gasteiger charge is -2.55. The zero-order valence-electron chi connectivity index (χ0n) is 17.6. The summed E-state index contributed by atoms with van der Waals surface area (Å²) in [4.78, 5) is 0. The summed E-state index contributed by atoms with van der Waals surface area (Å²) in [7, 11) is 0. The maximum absolute atomic E-state index is 6.56. The highest BCUT2D eigenvalue weighted by molar-refractivity contribution is 5.88. The maximum Gasteiger partial charge on any atom is 0.178 e. The fourth-order valence-corrected chi connectivity index (χ4v) is 8.31. The van der Waals surface area contributed by atoms with Crippen molar-refractivity contribution in [3.8, 4) is 34.1 Å². The van der Waals surface area contributed by atoms with Gasteiger partial charge in [0.25, 0.3) is 0 Å². The standard InChI is InChI=1S/C29H26O2/c1-2-6-22-21(5-1)27-23(11-12-26-28(27)31-25-8-4-3-7-24(25)30-26)29(22)19-13-17-9-10-18(15-19)16-20(29)14-17/h1-8,11-12,17-20H,9-10,13-16H2. The van der Waals surface area contributed by atoms with Gasteiger partial charge in [-0.05, 0) is 84.2 Å². The summed E-state index contributed by atoms with van der Waals surface area (Å²) in [6.45, 7) is 0. The molecule has 0 amide bonds. The van der Waals surface area contributed by atoms with E-state index in [-0.39, 0.29) is 5.41 Å². The molecule has 2 heteroatoms. The van der Waals surface area contributed by atoms with Crippen LogP contribution >= 0.6 is 0 Å². The minimum Gasteiger partial charge on any atom is -0.449 e. The second-order valence-electron chi connectivity index (χ2n) is 10.5. The summed E-state index contributed by atoms with van der Waals surface area (Å²) < 4.78 is 12.9. The Hall–Kier alpha value is -2.74. The van der Waals surface area contributed by atoms with E-state index in [9.17, 15) is 0 Å². The lowest BCUT2D eigenvalue weighted by atomic mass is 9.49. The van der Waals surface area contributed by atoms with E-state index in [1.165, 1.54) is 55.2 Å². The van der Waals surface area contributed by atoms with Crippen molar-refractivity contribution < 1.29 is 9.47 Å². The molecular formula is C29H26O2. The molecule has 0 radical (unpaired) electrons. The summed E-state index contributed by atoms with van der Waals surface area (Å²) >= 11 is 0. The monoisotopic (exact) mass is 406 g/mol. The number of hydrogen-bond acceptors (Lipinski definition) is 2. The van der Waals surface area contributed by atoms with Gasteiger partial charge < -0.3 is 9.47 Å². The molecule has 3 aromatic carbocycles. The predicted octanol–water partition coefficient (Wildman–Crippen LogP) is 7.70. The quantitative estimate of drug-likeness (QED) is 0.298. The van der Waals surface area contributed by atoms with Gasteiger partial charge in [-0.25, -0.2) is 0 Å². The van der Waals surface area contributed by atoms with Crippen molar-refractivity contribution in [2.45, 2.75) is 43.9 Å².